The molecule has 6 aromatic rings. The number of anilines is 1. The number of nitrogens with zero attached hydrogens (tertiary/aromatic N) is 3. The molecule has 0 radical (unpaired) electrons. The van der Waals surface area contributed by atoms with Crippen molar-refractivity contribution in [2.24, 2.45) is 0 Å². The second-order valence-corrected chi connectivity index (χ2v) is 13.7. The van der Waals surface area contributed by atoms with E-state index >= 15 is 0 Å². The summed E-state index contributed by atoms with van der Waals surface area (Å²) in [6, 6.07) is 33.5. The van der Waals surface area contributed by atoms with Crippen LogP contribution in [0.2, 0.25) is 0 Å². The fourth-order valence-corrected chi connectivity index (χ4v) is 7.91. The van der Waals surface area contributed by atoms with Crippen molar-refractivity contribution in [2.45, 2.75) is 41.1 Å². The number of thioether (sulfide) groups is 1. The number of aliphatic hydroxyl groups excluding tert-OH is 1. The Labute approximate surface area is 276 Å². The summed E-state index contributed by atoms with van der Waals surface area (Å²) in [5, 5.41) is 18.0. The highest BCUT2D eigenvalue weighted by molar-refractivity contribution is 7.99. The van der Waals surface area contributed by atoms with Crippen LogP contribution in [0.15, 0.2) is 132 Å². The van der Waals surface area contributed by atoms with E-state index in [2.05, 4.69) is 37.0 Å². The highest BCUT2D eigenvalue weighted by Gasteiger charge is 2.42. The van der Waals surface area contributed by atoms with Gasteiger partial charge in [0.2, 0.25) is 0 Å². The number of pyridine rings is 1. The van der Waals surface area contributed by atoms with Gasteiger partial charge in [0.15, 0.2) is 11.4 Å². The van der Waals surface area contributed by atoms with Gasteiger partial charge in [-0.2, -0.15) is 5.10 Å². The van der Waals surface area contributed by atoms with Crippen molar-refractivity contribution in [3.8, 4) is 0 Å². The zero-order valence-electron chi connectivity index (χ0n) is 25.0. The van der Waals surface area contributed by atoms with Crippen LogP contribution in [-0.4, -0.2) is 45.5 Å². The Balaban J connectivity index is 1.23. The van der Waals surface area contributed by atoms with Crippen molar-refractivity contribution in [1.29, 1.82) is 0 Å². The van der Waals surface area contributed by atoms with Gasteiger partial charge in [-0.1, -0.05) is 96.7 Å². The molecule has 7 rings (SSSR count). The molecule has 4 atom stereocenters. The van der Waals surface area contributed by atoms with Gasteiger partial charge in [0, 0.05) is 34.5 Å². The highest BCUT2D eigenvalue weighted by atomic mass is 32.2. The van der Waals surface area contributed by atoms with E-state index in [0.717, 1.165) is 22.1 Å². The van der Waals surface area contributed by atoms with Crippen LogP contribution in [-0.2, 0) is 26.1 Å². The average molecular weight is 666 g/mol. The molecule has 0 spiro atoms. The molecule has 0 bridgehead atoms. The van der Waals surface area contributed by atoms with Crippen LogP contribution in [0.5, 0.6) is 0 Å². The van der Waals surface area contributed by atoms with Crippen LogP contribution < -0.4 is 4.72 Å². The lowest BCUT2D eigenvalue weighted by Gasteiger charge is -2.43. The maximum Gasteiger partial charge on any atom is 0.264 e. The third kappa shape index (κ3) is 6.78. The van der Waals surface area contributed by atoms with Gasteiger partial charge in [0.25, 0.3) is 10.0 Å². The zero-order chi connectivity index (χ0) is 32.2. The number of sulfonamides is 1. The largest absolute Gasteiger partial charge is 0.392 e. The number of nitrogens with one attached hydrogen (secondary N) is 2. The van der Waals surface area contributed by atoms with Gasteiger partial charge >= 0.3 is 0 Å². The highest BCUT2D eigenvalue weighted by Crippen LogP contribution is 2.48. The number of aliphatic hydroxyl groups is 1. The quantitative estimate of drug-likeness (QED) is 0.142. The van der Waals surface area contributed by atoms with E-state index in [1.807, 2.05) is 60.7 Å². The van der Waals surface area contributed by atoms with E-state index in [-0.39, 0.29) is 23.5 Å². The molecule has 0 amide bonds. The molecule has 3 N–H and O–H groups in total. The lowest BCUT2D eigenvalue weighted by molar-refractivity contribution is -0.255. The lowest BCUT2D eigenvalue weighted by atomic mass is 9.84. The summed E-state index contributed by atoms with van der Waals surface area (Å²) in [6.07, 6.45) is 1.47. The van der Waals surface area contributed by atoms with Crippen LogP contribution in [0.25, 0.3) is 10.9 Å². The molecule has 4 aromatic carbocycles. The second kappa shape index (κ2) is 13.6. The van der Waals surface area contributed by atoms with E-state index in [0.29, 0.717) is 27.7 Å². The van der Waals surface area contributed by atoms with Crippen molar-refractivity contribution in [3.63, 3.8) is 0 Å². The molecule has 1 saturated heterocycles. The average Bonchev–Trinajstić information content (AvgIpc) is 3.64. The van der Waals surface area contributed by atoms with Gasteiger partial charge in [0.05, 0.1) is 24.3 Å². The smallest absolute Gasteiger partial charge is 0.264 e. The standard InChI is InChI=1S/C35H31N5O5S2/c41-20-23-14-16-26(17-15-23)33-31(24-7-2-1-3-8-24)29(21-46-35-37-22-38-39-35)44-34(45-33)27-10-4-12-28(19-27)40-47(42,43)30-13-5-9-25-11-6-18-36-32(25)30/h1-19,22,29,31,33-34,40-41H,20-21H2,(H,37,38,39). The molecule has 3 heterocycles. The Morgan fingerprint density at radius 1 is 0.830 bits per heavy atom. The third-order valence-electron chi connectivity index (χ3n) is 8.04. The normalized spacial score (nSPS) is 19.9. The first-order valence-corrected chi connectivity index (χ1v) is 17.5. The first-order chi connectivity index (χ1) is 23.0. The molecular weight excluding hydrogens is 635 g/mol. The van der Waals surface area contributed by atoms with Crippen molar-refractivity contribution in [1.82, 2.24) is 20.2 Å². The molecule has 12 heteroatoms. The summed E-state index contributed by atoms with van der Waals surface area (Å²) in [7, 11) is -3.97. The minimum Gasteiger partial charge on any atom is -0.392 e. The van der Waals surface area contributed by atoms with Crippen molar-refractivity contribution >= 4 is 38.4 Å². The van der Waals surface area contributed by atoms with Gasteiger partial charge in [-0.3, -0.25) is 14.8 Å². The van der Waals surface area contributed by atoms with E-state index in [1.165, 1.54) is 18.1 Å². The number of para-hydroxylation sites is 1. The number of rotatable bonds is 10. The number of hydrogen-bond acceptors (Lipinski definition) is 9. The molecule has 47 heavy (non-hydrogen) atoms. The van der Waals surface area contributed by atoms with Gasteiger partial charge < -0.3 is 14.6 Å². The summed E-state index contributed by atoms with van der Waals surface area (Å²) in [5.41, 5.74) is 4.19. The minimum absolute atomic E-state index is 0.0619. The molecule has 1 aliphatic heterocycles. The summed E-state index contributed by atoms with van der Waals surface area (Å²) in [4.78, 5) is 8.69. The summed E-state index contributed by atoms with van der Waals surface area (Å²) < 4.78 is 43.4. The second-order valence-electron chi connectivity index (χ2n) is 11.1. The Morgan fingerprint density at radius 3 is 2.40 bits per heavy atom. The molecule has 0 aliphatic carbocycles. The molecule has 238 valence electrons. The SMILES string of the molecule is O=S(=O)(Nc1cccc(C2OC(CSc3ncn[nH]3)C(c3ccccc3)C(c3ccc(CO)cc3)O2)c1)c1cccc2cccnc12. The maximum absolute atomic E-state index is 13.6. The van der Waals surface area contributed by atoms with Crippen molar-refractivity contribution < 1.29 is 23.0 Å². The van der Waals surface area contributed by atoms with Crippen LogP contribution in [0.3, 0.4) is 0 Å². The fourth-order valence-electron chi connectivity index (χ4n) is 5.83. The van der Waals surface area contributed by atoms with Crippen LogP contribution in [0.1, 0.15) is 40.6 Å². The van der Waals surface area contributed by atoms with Crippen molar-refractivity contribution in [2.75, 3.05) is 10.5 Å². The number of ether oxygens (including phenoxy) is 2. The maximum atomic E-state index is 13.6. The van der Waals surface area contributed by atoms with Crippen LogP contribution >= 0.6 is 11.8 Å². The molecule has 1 aliphatic rings. The summed E-state index contributed by atoms with van der Waals surface area (Å²) >= 11 is 1.50. The predicted molar refractivity (Wildman–Crippen MR) is 179 cm³/mol. The topological polar surface area (TPSA) is 139 Å². The molecule has 1 fully saturated rings. The van der Waals surface area contributed by atoms with Gasteiger partial charge in [-0.25, -0.2) is 13.4 Å². The first kappa shape index (κ1) is 31.0. The Morgan fingerprint density at radius 2 is 1.62 bits per heavy atom. The van der Waals surface area contributed by atoms with Gasteiger partial charge in [-0.15, -0.1) is 0 Å². The number of fused-ring (bicyclic) bond motifs is 1. The zero-order valence-corrected chi connectivity index (χ0v) is 26.6. The van der Waals surface area contributed by atoms with E-state index in [4.69, 9.17) is 9.47 Å². The molecule has 4 unspecified atom stereocenters. The molecular formula is C35H31N5O5S2. The van der Waals surface area contributed by atoms with Crippen LogP contribution in [0.4, 0.5) is 5.69 Å². The Kier molecular flexibility index (Phi) is 9.01. The number of hydrogen-bond donors (Lipinski definition) is 3. The van der Waals surface area contributed by atoms with Gasteiger partial charge in [0.1, 0.15) is 11.2 Å². The number of aromatic nitrogens is 4. The molecule has 0 saturated carbocycles. The monoisotopic (exact) mass is 665 g/mol. The van der Waals surface area contributed by atoms with Crippen molar-refractivity contribution in [3.05, 3.63) is 144 Å². The Bertz CT molecular complexity index is 2060. The Hall–Kier alpha value is -4.59. The molecule has 2 aromatic heterocycles. The minimum atomic E-state index is -3.97. The first-order valence-electron chi connectivity index (χ1n) is 15.0. The van der Waals surface area contributed by atoms with E-state index in [9.17, 15) is 13.5 Å². The summed E-state index contributed by atoms with van der Waals surface area (Å²) in [5.74, 6) is 0.351. The third-order valence-corrected chi connectivity index (χ3v) is 10.4. The van der Waals surface area contributed by atoms with Crippen LogP contribution in [0, 0.1) is 0 Å². The van der Waals surface area contributed by atoms with Gasteiger partial charge in [-0.05, 0) is 41.0 Å². The number of aromatic amines is 1. The van der Waals surface area contributed by atoms with E-state index < -0.39 is 22.4 Å². The number of H-pyrrole nitrogens is 1. The predicted octanol–water partition coefficient (Wildman–Crippen LogP) is 6.38. The molecule has 10 nitrogen and oxygen atoms in total. The fraction of sp³-hybridized carbons (Fsp3) is 0.171. The summed E-state index contributed by atoms with van der Waals surface area (Å²) in [6.45, 7) is -0.0619. The van der Waals surface area contributed by atoms with E-state index in [1.54, 1.807) is 42.6 Å². The number of benzene rings is 4. The lowest BCUT2D eigenvalue weighted by Crippen LogP contribution is -2.38.